The molecule has 0 aliphatic rings. The van der Waals surface area contributed by atoms with Crippen LogP contribution in [-0.4, -0.2) is 23.0 Å². The van der Waals surface area contributed by atoms with Gasteiger partial charge in [-0.2, -0.15) is 0 Å². The largest absolute Gasteiger partial charge is 0.481 e. The Bertz CT molecular complexity index is 169. The smallest absolute Gasteiger partial charge is 0.303 e. The standard InChI is InChI=1S/C6H12N2O3/c1-3(2-4(9)10)5(7)6(8)11/h3,5H,2,7H2,1H3,(H2,8,11)(H,9,10). The fraction of sp³-hybridized carbons (Fsp3) is 0.667. The van der Waals surface area contributed by atoms with E-state index in [1.165, 1.54) is 0 Å². The molecule has 5 heteroatoms. The van der Waals surface area contributed by atoms with Crippen molar-refractivity contribution in [3.63, 3.8) is 0 Å². The Morgan fingerprint density at radius 2 is 2.00 bits per heavy atom. The number of rotatable bonds is 4. The van der Waals surface area contributed by atoms with Crippen LogP contribution in [0.15, 0.2) is 0 Å². The molecule has 1 amide bonds. The minimum absolute atomic E-state index is 0.135. The van der Waals surface area contributed by atoms with Gasteiger partial charge in [-0.25, -0.2) is 0 Å². The number of hydrogen-bond donors (Lipinski definition) is 3. The molecule has 0 aliphatic carbocycles. The van der Waals surface area contributed by atoms with Crippen molar-refractivity contribution in [2.24, 2.45) is 17.4 Å². The minimum Gasteiger partial charge on any atom is -0.481 e. The van der Waals surface area contributed by atoms with E-state index >= 15 is 0 Å². The number of carbonyl (C=O) groups is 2. The van der Waals surface area contributed by atoms with Crippen LogP contribution < -0.4 is 11.5 Å². The lowest BCUT2D eigenvalue weighted by molar-refractivity contribution is -0.138. The molecule has 0 fully saturated rings. The van der Waals surface area contributed by atoms with E-state index in [1.807, 2.05) is 0 Å². The van der Waals surface area contributed by atoms with E-state index in [-0.39, 0.29) is 6.42 Å². The van der Waals surface area contributed by atoms with Crippen LogP contribution >= 0.6 is 0 Å². The third-order valence-corrected chi connectivity index (χ3v) is 1.44. The van der Waals surface area contributed by atoms with Crippen molar-refractivity contribution in [3.05, 3.63) is 0 Å². The summed E-state index contributed by atoms with van der Waals surface area (Å²) in [7, 11) is 0. The maximum absolute atomic E-state index is 10.4. The molecule has 0 radical (unpaired) electrons. The first-order chi connectivity index (χ1) is 4.95. The van der Waals surface area contributed by atoms with Gasteiger partial charge < -0.3 is 16.6 Å². The molecule has 5 nitrogen and oxygen atoms in total. The highest BCUT2D eigenvalue weighted by molar-refractivity contribution is 5.80. The van der Waals surface area contributed by atoms with Crippen LogP contribution in [0.5, 0.6) is 0 Å². The highest BCUT2D eigenvalue weighted by atomic mass is 16.4. The monoisotopic (exact) mass is 160 g/mol. The van der Waals surface area contributed by atoms with Gasteiger partial charge in [0.25, 0.3) is 0 Å². The van der Waals surface area contributed by atoms with E-state index < -0.39 is 23.8 Å². The lowest BCUT2D eigenvalue weighted by Crippen LogP contribution is -2.42. The summed E-state index contributed by atoms with van der Waals surface area (Å²) >= 11 is 0. The van der Waals surface area contributed by atoms with E-state index in [2.05, 4.69) is 0 Å². The SMILES string of the molecule is CC(CC(=O)O)C(N)C(N)=O. The van der Waals surface area contributed by atoms with Crippen molar-refractivity contribution >= 4 is 11.9 Å². The lowest BCUT2D eigenvalue weighted by atomic mass is 9.99. The molecular formula is C6H12N2O3. The van der Waals surface area contributed by atoms with Gasteiger partial charge >= 0.3 is 5.97 Å². The fourth-order valence-corrected chi connectivity index (χ4v) is 0.683. The van der Waals surface area contributed by atoms with E-state index in [4.69, 9.17) is 16.6 Å². The normalized spacial score (nSPS) is 15.5. The molecule has 2 atom stereocenters. The quantitative estimate of drug-likeness (QED) is 0.485. The van der Waals surface area contributed by atoms with Crippen molar-refractivity contribution in [2.75, 3.05) is 0 Å². The van der Waals surface area contributed by atoms with Gasteiger partial charge in [-0.05, 0) is 5.92 Å². The second-order valence-electron chi connectivity index (χ2n) is 2.50. The molecule has 0 saturated carbocycles. The van der Waals surface area contributed by atoms with Gasteiger partial charge in [0, 0.05) is 6.42 Å². The van der Waals surface area contributed by atoms with E-state index in [0.717, 1.165) is 0 Å². The Kier molecular flexibility index (Phi) is 3.53. The summed E-state index contributed by atoms with van der Waals surface area (Å²) in [6, 6.07) is -0.869. The van der Waals surface area contributed by atoms with Gasteiger partial charge in [0.1, 0.15) is 0 Å². The third-order valence-electron chi connectivity index (χ3n) is 1.44. The molecule has 2 unspecified atom stereocenters. The summed E-state index contributed by atoms with van der Waals surface area (Å²) < 4.78 is 0. The zero-order valence-electron chi connectivity index (χ0n) is 6.28. The zero-order chi connectivity index (χ0) is 9.02. The number of carboxylic acids is 1. The van der Waals surface area contributed by atoms with Crippen LogP contribution in [0.3, 0.4) is 0 Å². The number of amides is 1. The summed E-state index contributed by atoms with van der Waals surface area (Å²) in [6.07, 6.45) is -0.135. The first-order valence-electron chi connectivity index (χ1n) is 3.22. The second-order valence-corrected chi connectivity index (χ2v) is 2.50. The molecular weight excluding hydrogens is 148 g/mol. The average Bonchev–Trinajstić information content (AvgIpc) is 1.84. The summed E-state index contributed by atoms with van der Waals surface area (Å²) in [5, 5.41) is 8.31. The highest BCUT2D eigenvalue weighted by Gasteiger charge is 2.20. The molecule has 0 bridgehead atoms. The van der Waals surface area contributed by atoms with Crippen LogP contribution in [0.4, 0.5) is 0 Å². The molecule has 0 saturated heterocycles. The topological polar surface area (TPSA) is 106 Å². The molecule has 11 heavy (non-hydrogen) atoms. The number of hydrogen-bond acceptors (Lipinski definition) is 3. The van der Waals surface area contributed by atoms with Crippen LogP contribution in [0.2, 0.25) is 0 Å². The summed E-state index contributed by atoms with van der Waals surface area (Å²) in [4.78, 5) is 20.6. The Hall–Kier alpha value is -1.10. The predicted octanol–water partition coefficient (Wildman–Crippen LogP) is -1.09. The van der Waals surface area contributed by atoms with Gasteiger partial charge in [0.15, 0.2) is 0 Å². The zero-order valence-corrected chi connectivity index (χ0v) is 6.28. The molecule has 0 rings (SSSR count). The molecule has 0 spiro atoms. The maximum atomic E-state index is 10.4. The van der Waals surface area contributed by atoms with Crippen LogP contribution in [0.25, 0.3) is 0 Å². The molecule has 0 aromatic carbocycles. The Labute approximate surface area is 64.4 Å². The predicted molar refractivity (Wildman–Crippen MR) is 38.6 cm³/mol. The first kappa shape index (κ1) is 9.90. The molecule has 0 aliphatic heterocycles. The molecule has 64 valence electrons. The van der Waals surface area contributed by atoms with Crippen LogP contribution in [0.1, 0.15) is 13.3 Å². The van der Waals surface area contributed by atoms with Gasteiger partial charge in [-0.3, -0.25) is 9.59 Å². The summed E-state index contributed by atoms with van der Waals surface area (Å²) in [5.41, 5.74) is 10.1. The second kappa shape index (κ2) is 3.92. The van der Waals surface area contributed by atoms with Crippen molar-refractivity contribution in [3.8, 4) is 0 Å². The first-order valence-corrected chi connectivity index (χ1v) is 3.22. The molecule has 0 aromatic heterocycles. The van der Waals surface area contributed by atoms with Crippen LogP contribution in [0, 0.1) is 5.92 Å². The van der Waals surface area contributed by atoms with Crippen molar-refractivity contribution < 1.29 is 14.7 Å². The van der Waals surface area contributed by atoms with Gasteiger partial charge in [0.05, 0.1) is 6.04 Å². The Morgan fingerprint density at radius 1 is 1.55 bits per heavy atom. The maximum Gasteiger partial charge on any atom is 0.303 e. The minimum atomic E-state index is -0.978. The number of aliphatic carboxylic acids is 1. The number of nitrogens with two attached hydrogens (primary N) is 2. The summed E-state index contributed by atoms with van der Waals surface area (Å²) in [6.45, 7) is 1.57. The number of carboxylic acid groups (broad SMARTS) is 1. The third kappa shape index (κ3) is 3.57. The fourth-order valence-electron chi connectivity index (χ4n) is 0.683. The summed E-state index contributed by atoms with van der Waals surface area (Å²) in [5.74, 6) is -2.06. The molecule has 0 aromatic rings. The lowest BCUT2D eigenvalue weighted by Gasteiger charge is -2.13. The van der Waals surface area contributed by atoms with Gasteiger partial charge in [0.2, 0.25) is 5.91 Å². The van der Waals surface area contributed by atoms with Gasteiger partial charge in [-0.15, -0.1) is 0 Å². The van der Waals surface area contributed by atoms with E-state index in [1.54, 1.807) is 6.92 Å². The Balaban J connectivity index is 3.92. The van der Waals surface area contributed by atoms with Crippen molar-refractivity contribution in [1.29, 1.82) is 0 Å². The van der Waals surface area contributed by atoms with Crippen LogP contribution in [-0.2, 0) is 9.59 Å². The average molecular weight is 160 g/mol. The Morgan fingerprint density at radius 3 is 2.27 bits per heavy atom. The van der Waals surface area contributed by atoms with Crippen molar-refractivity contribution in [1.82, 2.24) is 0 Å². The molecule has 5 N–H and O–H groups in total. The van der Waals surface area contributed by atoms with E-state index in [0.29, 0.717) is 0 Å². The van der Waals surface area contributed by atoms with Crippen molar-refractivity contribution in [2.45, 2.75) is 19.4 Å². The van der Waals surface area contributed by atoms with E-state index in [9.17, 15) is 9.59 Å². The number of primary amides is 1. The number of carbonyl (C=O) groups excluding carboxylic acids is 1. The molecule has 0 heterocycles. The van der Waals surface area contributed by atoms with Gasteiger partial charge in [-0.1, -0.05) is 6.92 Å². The highest BCUT2D eigenvalue weighted by Crippen LogP contribution is 2.04.